The van der Waals surface area contributed by atoms with Crippen molar-refractivity contribution in [1.29, 1.82) is 0 Å². The average molecular weight is 267 g/mol. The van der Waals surface area contributed by atoms with Gasteiger partial charge in [-0.15, -0.1) is 0 Å². The van der Waals surface area contributed by atoms with E-state index in [4.69, 9.17) is 10.5 Å². The third-order valence-electron chi connectivity index (χ3n) is 2.49. The number of carbonyl (C=O) groups excluding carboxylic acids is 1. The molecule has 7 heteroatoms. The molecule has 3 N–H and O–H groups in total. The summed E-state index contributed by atoms with van der Waals surface area (Å²) in [4.78, 5) is 21.8. The summed E-state index contributed by atoms with van der Waals surface area (Å²) in [6, 6.07) is 3.95. The van der Waals surface area contributed by atoms with Gasteiger partial charge in [0.1, 0.15) is 5.75 Å². The maximum absolute atomic E-state index is 11.7. The van der Waals surface area contributed by atoms with Gasteiger partial charge < -0.3 is 15.8 Å². The number of nitro groups is 1. The molecule has 1 unspecified atom stereocenters. The maximum atomic E-state index is 11.7. The number of nitrogens with zero attached hydrogens (tertiary/aromatic N) is 1. The Bertz CT molecular complexity index is 474. The van der Waals surface area contributed by atoms with Gasteiger partial charge in [0, 0.05) is 24.6 Å². The highest BCUT2D eigenvalue weighted by Crippen LogP contribution is 2.28. The minimum atomic E-state index is -0.531. The number of nitrogens with two attached hydrogens (primary N) is 1. The molecule has 0 saturated carbocycles. The lowest BCUT2D eigenvalue weighted by atomic mass is 10.2. The van der Waals surface area contributed by atoms with Crippen molar-refractivity contribution < 1.29 is 14.5 Å². The van der Waals surface area contributed by atoms with Gasteiger partial charge in [-0.05, 0) is 19.4 Å². The van der Waals surface area contributed by atoms with Gasteiger partial charge in [-0.3, -0.25) is 14.9 Å². The molecule has 0 spiro atoms. The zero-order chi connectivity index (χ0) is 14.4. The summed E-state index contributed by atoms with van der Waals surface area (Å²) in [6.07, 6.45) is 0.798. The number of amides is 1. The first-order valence-corrected chi connectivity index (χ1v) is 5.82. The molecule has 1 aromatic carbocycles. The smallest absolute Gasteiger partial charge is 0.271 e. The van der Waals surface area contributed by atoms with Crippen LogP contribution in [0.25, 0.3) is 0 Å². The zero-order valence-corrected chi connectivity index (χ0v) is 10.9. The van der Waals surface area contributed by atoms with E-state index in [0.29, 0.717) is 12.2 Å². The van der Waals surface area contributed by atoms with E-state index in [1.807, 2.05) is 0 Å². The van der Waals surface area contributed by atoms with E-state index >= 15 is 0 Å². The SMILES string of the molecule is COc1ccc([N+](=O)[O-])cc1NC(=O)CCC(C)N. The Labute approximate surface area is 110 Å². The second-order valence-corrected chi connectivity index (χ2v) is 4.21. The molecule has 0 saturated heterocycles. The van der Waals surface area contributed by atoms with Gasteiger partial charge in [-0.1, -0.05) is 0 Å². The Kier molecular flexibility index (Phi) is 5.25. The molecule has 0 aromatic heterocycles. The third kappa shape index (κ3) is 4.55. The number of ether oxygens (including phenoxy) is 1. The van der Waals surface area contributed by atoms with Gasteiger partial charge >= 0.3 is 0 Å². The van der Waals surface area contributed by atoms with Crippen molar-refractivity contribution in [3.8, 4) is 5.75 Å². The Morgan fingerprint density at radius 3 is 2.79 bits per heavy atom. The summed E-state index contributed by atoms with van der Waals surface area (Å²) >= 11 is 0. The van der Waals surface area contributed by atoms with Crippen LogP contribution in [-0.2, 0) is 4.79 Å². The predicted octanol–water partition coefficient (Wildman–Crippen LogP) is 1.67. The average Bonchev–Trinajstić information content (AvgIpc) is 2.36. The fraction of sp³-hybridized carbons (Fsp3) is 0.417. The van der Waals surface area contributed by atoms with Gasteiger partial charge in [0.2, 0.25) is 5.91 Å². The van der Waals surface area contributed by atoms with Crippen molar-refractivity contribution in [2.24, 2.45) is 5.73 Å². The lowest BCUT2D eigenvalue weighted by Gasteiger charge is -2.10. The third-order valence-corrected chi connectivity index (χ3v) is 2.49. The highest BCUT2D eigenvalue weighted by molar-refractivity contribution is 5.92. The highest BCUT2D eigenvalue weighted by Gasteiger charge is 2.13. The molecule has 19 heavy (non-hydrogen) atoms. The number of hydrogen-bond donors (Lipinski definition) is 2. The standard InChI is InChI=1S/C12H17N3O4/c1-8(13)3-6-12(16)14-10-7-9(15(17)18)4-5-11(10)19-2/h4-5,7-8H,3,6,13H2,1-2H3,(H,14,16). The Morgan fingerprint density at radius 2 is 2.26 bits per heavy atom. The Balaban J connectivity index is 2.82. The second kappa shape index (κ2) is 6.69. The van der Waals surface area contributed by atoms with Crippen LogP contribution >= 0.6 is 0 Å². The largest absolute Gasteiger partial charge is 0.495 e. The highest BCUT2D eigenvalue weighted by atomic mass is 16.6. The maximum Gasteiger partial charge on any atom is 0.271 e. The van der Waals surface area contributed by atoms with Crippen molar-refractivity contribution in [3.63, 3.8) is 0 Å². The number of methoxy groups -OCH3 is 1. The Hall–Kier alpha value is -2.15. The number of nitrogens with one attached hydrogen (secondary N) is 1. The predicted molar refractivity (Wildman–Crippen MR) is 71.2 cm³/mol. The molecule has 0 fully saturated rings. The summed E-state index contributed by atoms with van der Waals surface area (Å²) < 4.78 is 5.04. The van der Waals surface area contributed by atoms with Crippen molar-refractivity contribution in [3.05, 3.63) is 28.3 Å². The topological polar surface area (TPSA) is 107 Å². The Morgan fingerprint density at radius 1 is 1.58 bits per heavy atom. The fourth-order valence-corrected chi connectivity index (χ4v) is 1.48. The molecule has 7 nitrogen and oxygen atoms in total. The first-order valence-electron chi connectivity index (χ1n) is 5.82. The summed E-state index contributed by atoms with van der Waals surface area (Å²) in [5.41, 5.74) is 5.74. The van der Waals surface area contributed by atoms with E-state index < -0.39 is 4.92 Å². The summed E-state index contributed by atoms with van der Waals surface area (Å²) in [7, 11) is 1.43. The summed E-state index contributed by atoms with van der Waals surface area (Å²) in [5, 5.41) is 13.3. The molecule has 0 aliphatic rings. The van der Waals surface area contributed by atoms with E-state index in [9.17, 15) is 14.9 Å². The van der Waals surface area contributed by atoms with E-state index in [1.54, 1.807) is 6.92 Å². The van der Waals surface area contributed by atoms with Gasteiger partial charge in [-0.25, -0.2) is 0 Å². The number of hydrogen-bond acceptors (Lipinski definition) is 5. The van der Waals surface area contributed by atoms with Crippen LogP contribution in [0, 0.1) is 10.1 Å². The normalized spacial score (nSPS) is 11.7. The lowest BCUT2D eigenvalue weighted by Crippen LogP contribution is -2.19. The first kappa shape index (κ1) is 14.9. The molecule has 0 aliphatic carbocycles. The van der Waals surface area contributed by atoms with Crippen molar-refractivity contribution in [2.45, 2.75) is 25.8 Å². The van der Waals surface area contributed by atoms with Crippen LogP contribution < -0.4 is 15.8 Å². The number of non-ortho nitro benzene ring substituents is 1. The molecule has 1 aromatic rings. The van der Waals surface area contributed by atoms with Crippen LogP contribution in [0.2, 0.25) is 0 Å². The first-order chi connectivity index (χ1) is 8.93. The molecule has 0 bridgehead atoms. The van der Waals surface area contributed by atoms with Crippen LogP contribution in [0.3, 0.4) is 0 Å². The van der Waals surface area contributed by atoms with E-state index in [2.05, 4.69) is 5.32 Å². The number of carbonyl (C=O) groups is 1. The quantitative estimate of drug-likeness (QED) is 0.602. The molecule has 0 radical (unpaired) electrons. The lowest BCUT2D eigenvalue weighted by molar-refractivity contribution is -0.384. The van der Waals surface area contributed by atoms with Crippen LogP contribution in [0.15, 0.2) is 18.2 Å². The second-order valence-electron chi connectivity index (χ2n) is 4.21. The van der Waals surface area contributed by atoms with E-state index in [0.717, 1.165) is 0 Å². The fourth-order valence-electron chi connectivity index (χ4n) is 1.48. The molecule has 1 amide bonds. The molecule has 0 aliphatic heterocycles. The number of anilines is 1. The van der Waals surface area contributed by atoms with Crippen LogP contribution in [0.5, 0.6) is 5.75 Å². The van der Waals surface area contributed by atoms with Gasteiger partial charge in [0.15, 0.2) is 0 Å². The van der Waals surface area contributed by atoms with E-state index in [1.165, 1.54) is 25.3 Å². The summed E-state index contributed by atoms with van der Waals surface area (Å²) in [5.74, 6) is 0.121. The number of benzene rings is 1. The zero-order valence-electron chi connectivity index (χ0n) is 10.9. The van der Waals surface area contributed by atoms with E-state index in [-0.39, 0.29) is 29.7 Å². The molecule has 1 rings (SSSR count). The molecule has 104 valence electrons. The van der Waals surface area contributed by atoms with Crippen LogP contribution in [-0.4, -0.2) is 24.0 Å². The van der Waals surface area contributed by atoms with Gasteiger partial charge in [0.05, 0.1) is 17.7 Å². The van der Waals surface area contributed by atoms with Crippen LogP contribution in [0.4, 0.5) is 11.4 Å². The number of rotatable bonds is 6. The molecule has 0 heterocycles. The van der Waals surface area contributed by atoms with Gasteiger partial charge in [0.25, 0.3) is 5.69 Å². The minimum absolute atomic E-state index is 0.0715. The minimum Gasteiger partial charge on any atom is -0.495 e. The monoisotopic (exact) mass is 267 g/mol. The van der Waals surface area contributed by atoms with Crippen molar-refractivity contribution >= 4 is 17.3 Å². The molecule has 1 atom stereocenters. The molecular formula is C12H17N3O4. The molecular weight excluding hydrogens is 250 g/mol. The van der Waals surface area contributed by atoms with Crippen molar-refractivity contribution in [2.75, 3.05) is 12.4 Å². The number of nitro benzene ring substituents is 1. The summed E-state index contributed by atoms with van der Waals surface area (Å²) in [6.45, 7) is 1.81. The van der Waals surface area contributed by atoms with Crippen LogP contribution in [0.1, 0.15) is 19.8 Å². The van der Waals surface area contributed by atoms with Gasteiger partial charge in [-0.2, -0.15) is 0 Å². The van der Waals surface area contributed by atoms with Crippen molar-refractivity contribution in [1.82, 2.24) is 0 Å².